The van der Waals surface area contributed by atoms with Crippen molar-refractivity contribution in [3.63, 3.8) is 0 Å². The Morgan fingerprint density at radius 3 is 2.77 bits per heavy atom. The molecule has 1 aromatic carbocycles. The van der Waals surface area contributed by atoms with Crippen LogP contribution >= 0.6 is 11.8 Å². The van der Waals surface area contributed by atoms with E-state index < -0.39 is 0 Å². The molecule has 13 heavy (non-hydrogen) atoms. The van der Waals surface area contributed by atoms with Crippen molar-refractivity contribution in [1.82, 2.24) is 0 Å². The summed E-state index contributed by atoms with van der Waals surface area (Å²) in [6, 6.07) is 8.23. The van der Waals surface area contributed by atoms with E-state index in [0.717, 1.165) is 23.4 Å². The molecule has 1 nitrogen and oxygen atoms in total. The molecule has 70 valence electrons. The smallest absolute Gasteiger partial charge is 0.0383 e. The summed E-state index contributed by atoms with van der Waals surface area (Å²) in [5.74, 6) is 1.09. The fourth-order valence-electron chi connectivity index (χ4n) is 1.14. The highest BCUT2D eigenvalue weighted by molar-refractivity contribution is 7.99. The predicted molar refractivity (Wildman–Crippen MR) is 60.0 cm³/mol. The molecule has 0 fully saturated rings. The summed E-state index contributed by atoms with van der Waals surface area (Å²) >= 11 is 1.82. The van der Waals surface area contributed by atoms with Gasteiger partial charge in [-0.25, -0.2) is 0 Å². The minimum Gasteiger partial charge on any atom is -0.305 e. The van der Waals surface area contributed by atoms with Crippen molar-refractivity contribution in [2.24, 2.45) is 0 Å². The number of thioether (sulfide) groups is 1. The van der Waals surface area contributed by atoms with Crippen LogP contribution < -0.4 is 0 Å². The molecule has 0 aliphatic carbocycles. The number of rotatable bonds is 4. The van der Waals surface area contributed by atoms with Crippen molar-refractivity contribution >= 4 is 17.5 Å². The topological polar surface area (TPSA) is 23.9 Å². The lowest BCUT2D eigenvalue weighted by molar-refractivity contribution is 1.23. The Kier molecular flexibility index (Phi) is 4.03. The van der Waals surface area contributed by atoms with Crippen LogP contribution in [0.25, 0.3) is 0 Å². The number of hydrogen-bond acceptors (Lipinski definition) is 2. The van der Waals surface area contributed by atoms with Gasteiger partial charge in [-0.15, -0.1) is 11.8 Å². The second-order valence-electron chi connectivity index (χ2n) is 2.79. The Hall–Kier alpha value is -0.760. The van der Waals surface area contributed by atoms with Crippen LogP contribution in [0.4, 0.5) is 0 Å². The third kappa shape index (κ3) is 2.88. The predicted octanol–water partition coefficient (Wildman–Crippen LogP) is 3.58. The Morgan fingerprint density at radius 1 is 1.38 bits per heavy atom. The van der Waals surface area contributed by atoms with Crippen LogP contribution in [0.5, 0.6) is 0 Å². The molecule has 0 atom stereocenters. The van der Waals surface area contributed by atoms with Gasteiger partial charge in [0.1, 0.15) is 0 Å². The van der Waals surface area contributed by atoms with Crippen LogP contribution in [0.1, 0.15) is 25.8 Å². The molecule has 0 amide bonds. The zero-order valence-corrected chi connectivity index (χ0v) is 8.95. The van der Waals surface area contributed by atoms with E-state index in [1.807, 2.05) is 30.8 Å². The van der Waals surface area contributed by atoms with Crippen molar-refractivity contribution in [3.05, 3.63) is 29.8 Å². The van der Waals surface area contributed by atoms with Gasteiger partial charge in [0.2, 0.25) is 0 Å². The molecule has 0 saturated carbocycles. The van der Waals surface area contributed by atoms with E-state index in [0.29, 0.717) is 0 Å². The minimum absolute atomic E-state index is 0.721. The van der Waals surface area contributed by atoms with Crippen LogP contribution in [-0.2, 0) is 0 Å². The molecule has 0 aliphatic rings. The van der Waals surface area contributed by atoms with Gasteiger partial charge in [0.15, 0.2) is 0 Å². The molecular formula is C11H15NS. The molecule has 0 radical (unpaired) electrons. The summed E-state index contributed by atoms with van der Waals surface area (Å²) < 4.78 is 0. The van der Waals surface area contributed by atoms with Gasteiger partial charge in [0, 0.05) is 10.6 Å². The first-order valence-electron chi connectivity index (χ1n) is 4.58. The normalized spacial score (nSPS) is 10.0. The zero-order valence-electron chi connectivity index (χ0n) is 8.13. The zero-order chi connectivity index (χ0) is 9.68. The third-order valence-corrected chi connectivity index (χ3v) is 2.72. The van der Waals surface area contributed by atoms with Crippen LogP contribution in [0, 0.1) is 5.41 Å². The fourth-order valence-corrected chi connectivity index (χ4v) is 1.86. The van der Waals surface area contributed by atoms with Gasteiger partial charge in [0.25, 0.3) is 0 Å². The lowest BCUT2D eigenvalue weighted by Gasteiger charge is -2.03. The molecule has 0 bridgehead atoms. The van der Waals surface area contributed by atoms with Crippen LogP contribution in [0.15, 0.2) is 29.2 Å². The Balaban J connectivity index is 2.85. The number of benzene rings is 1. The number of hydrogen-bond donors (Lipinski definition) is 1. The summed E-state index contributed by atoms with van der Waals surface area (Å²) in [4.78, 5) is 1.26. The summed E-state index contributed by atoms with van der Waals surface area (Å²) in [5, 5.41) is 7.70. The van der Waals surface area contributed by atoms with Crippen LogP contribution in [0.3, 0.4) is 0 Å². The van der Waals surface area contributed by atoms with Crippen molar-refractivity contribution < 1.29 is 0 Å². The maximum atomic E-state index is 7.70. The van der Waals surface area contributed by atoms with Crippen molar-refractivity contribution in [1.29, 1.82) is 5.41 Å². The molecule has 0 aliphatic heterocycles. The molecule has 1 rings (SSSR count). The average Bonchev–Trinajstić information content (AvgIpc) is 2.18. The highest BCUT2D eigenvalue weighted by Gasteiger charge is 1.99. The first kappa shape index (κ1) is 10.3. The first-order valence-corrected chi connectivity index (χ1v) is 5.57. The summed E-state index contributed by atoms with van der Waals surface area (Å²) in [6.45, 7) is 4.16. The molecule has 2 heteroatoms. The molecular weight excluding hydrogens is 178 g/mol. The van der Waals surface area contributed by atoms with E-state index in [-0.39, 0.29) is 0 Å². The highest BCUT2D eigenvalue weighted by Crippen LogP contribution is 2.19. The molecule has 1 N–H and O–H groups in total. The molecule has 0 heterocycles. The van der Waals surface area contributed by atoms with Crippen LogP contribution in [-0.4, -0.2) is 11.5 Å². The van der Waals surface area contributed by atoms with E-state index in [9.17, 15) is 0 Å². The van der Waals surface area contributed by atoms with Crippen LogP contribution in [0.2, 0.25) is 0 Å². The Bertz CT molecular complexity index is 294. The second-order valence-corrected chi connectivity index (χ2v) is 4.13. The van der Waals surface area contributed by atoms with Gasteiger partial charge in [-0.3, -0.25) is 0 Å². The van der Waals surface area contributed by atoms with Gasteiger partial charge in [0.05, 0.1) is 0 Å². The minimum atomic E-state index is 0.721. The second kappa shape index (κ2) is 5.07. The first-order chi connectivity index (χ1) is 6.27. The molecule has 0 aromatic heterocycles. The van der Waals surface area contributed by atoms with Gasteiger partial charge >= 0.3 is 0 Å². The summed E-state index contributed by atoms with van der Waals surface area (Å²) in [5.41, 5.74) is 1.78. The lowest BCUT2D eigenvalue weighted by Crippen LogP contribution is -1.95. The van der Waals surface area contributed by atoms with E-state index in [4.69, 9.17) is 5.41 Å². The number of nitrogens with one attached hydrogen (secondary N) is 1. The molecule has 0 unspecified atom stereocenters. The van der Waals surface area contributed by atoms with E-state index in [1.54, 1.807) is 0 Å². The Morgan fingerprint density at radius 2 is 2.15 bits per heavy atom. The molecule has 0 saturated heterocycles. The quantitative estimate of drug-likeness (QED) is 0.573. The standard InChI is InChI=1S/C11H15NS/c1-3-11(12)9-6-5-7-10(8-9)13-4-2/h5-8,12H,3-4H2,1-2H3. The van der Waals surface area contributed by atoms with Gasteiger partial charge < -0.3 is 5.41 Å². The summed E-state index contributed by atoms with van der Waals surface area (Å²) in [6.07, 6.45) is 0.806. The fraction of sp³-hybridized carbons (Fsp3) is 0.364. The molecule has 1 aromatic rings. The van der Waals surface area contributed by atoms with E-state index >= 15 is 0 Å². The van der Waals surface area contributed by atoms with E-state index in [2.05, 4.69) is 19.1 Å². The van der Waals surface area contributed by atoms with Gasteiger partial charge in [-0.2, -0.15) is 0 Å². The largest absolute Gasteiger partial charge is 0.305 e. The van der Waals surface area contributed by atoms with Crippen molar-refractivity contribution in [2.45, 2.75) is 25.2 Å². The SMILES string of the molecule is CCSc1cccc(C(=N)CC)c1. The monoisotopic (exact) mass is 193 g/mol. The van der Waals surface area contributed by atoms with Crippen molar-refractivity contribution in [3.8, 4) is 0 Å². The highest BCUT2D eigenvalue weighted by atomic mass is 32.2. The van der Waals surface area contributed by atoms with E-state index in [1.165, 1.54) is 4.90 Å². The maximum Gasteiger partial charge on any atom is 0.0383 e. The third-order valence-electron chi connectivity index (χ3n) is 1.85. The van der Waals surface area contributed by atoms with Gasteiger partial charge in [-0.1, -0.05) is 26.0 Å². The Labute approximate surface area is 84.1 Å². The molecule has 0 spiro atoms. The summed E-state index contributed by atoms with van der Waals surface area (Å²) in [7, 11) is 0. The van der Waals surface area contributed by atoms with Gasteiger partial charge in [-0.05, 0) is 29.9 Å². The lowest BCUT2D eigenvalue weighted by atomic mass is 10.1. The maximum absolute atomic E-state index is 7.70. The average molecular weight is 193 g/mol. The van der Waals surface area contributed by atoms with Crippen molar-refractivity contribution in [2.75, 3.05) is 5.75 Å².